The highest BCUT2D eigenvalue weighted by molar-refractivity contribution is 5.34. The maximum absolute atomic E-state index is 5.51. The zero-order valence-corrected chi connectivity index (χ0v) is 11.4. The van der Waals surface area contributed by atoms with Gasteiger partial charge in [0.05, 0.1) is 0 Å². The van der Waals surface area contributed by atoms with Crippen molar-refractivity contribution < 1.29 is 0 Å². The maximum atomic E-state index is 5.51. The summed E-state index contributed by atoms with van der Waals surface area (Å²) in [7, 11) is 0. The van der Waals surface area contributed by atoms with Crippen molar-refractivity contribution in [3.05, 3.63) is 23.3 Å². The second-order valence-corrected chi connectivity index (χ2v) is 6.13. The SMILES string of the molecule is C#CC(C)(C)/C=C/C1=C(C)CCCC1(C)C. The van der Waals surface area contributed by atoms with Crippen LogP contribution >= 0.6 is 0 Å². The highest BCUT2D eigenvalue weighted by Crippen LogP contribution is 2.41. The summed E-state index contributed by atoms with van der Waals surface area (Å²) in [6.45, 7) is 11.1. The van der Waals surface area contributed by atoms with Gasteiger partial charge in [0, 0.05) is 5.41 Å². The van der Waals surface area contributed by atoms with Crippen LogP contribution in [-0.4, -0.2) is 0 Å². The molecule has 16 heavy (non-hydrogen) atoms. The van der Waals surface area contributed by atoms with Gasteiger partial charge in [-0.15, -0.1) is 6.42 Å². The number of hydrogen-bond acceptors (Lipinski definition) is 0. The molecule has 0 aromatic heterocycles. The van der Waals surface area contributed by atoms with Gasteiger partial charge >= 0.3 is 0 Å². The van der Waals surface area contributed by atoms with Crippen molar-refractivity contribution in [2.75, 3.05) is 0 Å². The first-order valence-corrected chi connectivity index (χ1v) is 6.16. The summed E-state index contributed by atoms with van der Waals surface area (Å²) in [5.41, 5.74) is 3.19. The van der Waals surface area contributed by atoms with Crippen molar-refractivity contribution in [1.29, 1.82) is 0 Å². The lowest BCUT2D eigenvalue weighted by molar-refractivity contribution is 0.376. The molecular formula is C16H24. The summed E-state index contributed by atoms with van der Waals surface area (Å²) < 4.78 is 0. The van der Waals surface area contributed by atoms with E-state index in [1.807, 2.05) is 0 Å². The molecule has 0 aliphatic heterocycles. The molecule has 0 amide bonds. The Kier molecular flexibility index (Phi) is 3.68. The minimum absolute atomic E-state index is 0.138. The highest BCUT2D eigenvalue weighted by atomic mass is 14.3. The van der Waals surface area contributed by atoms with Crippen molar-refractivity contribution in [3.63, 3.8) is 0 Å². The van der Waals surface area contributed by atoms with E-state index in [1.165, 1.54) is 30.4 Å². The predicted molar refractivity (Wildman–Crippen MR) is 72.1 cm³/mol. The molecule has 0 aromatic rings. The molecule has 0 N–H and O–H groups in total. The molecule has 0 saturated heterocycles. The molecule has 1 aliphatic carbocycles. The van der Waals surface area contributed by atoms with Crippen molar-refractivity contribution >= 4 is 0 Å². The Bertz CT molecular complexity index is 356. The molecule has 0 radical (unpaired) electrons. The molecule has 0 fully saturated rings. The average molecular weight is 216 g/mol. The lowest BCUT2D eigenvalue weighted by atomic mass is 9.72. The first kappa shape index (κ1) is 13.1. The van der Waals surface area contributed by atoms with Crippen LogP contribution in [0.15, 0.2) is 23.3 Å². The highest BCUT2D eigenvalue weighted by Gasteiger charge is 2.26. The van der Waals surface area contributed by atoms with Crippen LogP contribution in [-0.2, 0) is 0 Å². The van der Waals surface area contributed by atoms with E-state index >= 15 is 0 Å². The van der Waals surface area contributed by atoms with Crippen molar-refractivity contribution in [2.24, 2.45) is 10.8 Å². The zero-order chi connectivity index (χ0) is 12.4. The molecule has 1 aliphatic rings. The second-order valence-electron chi connectivity index (χ2n) is 6.13. The van der Waals surface area contributed by atoms with E-state index < -0.39 is 0 Å². The van der Waals surface area contributed by atoms with Crippen molar-refractivity contribution in [1.82, 2.24) is 0 Å². The molecular weight excluding hydrogens is 192 g/mol. The predicted octanol–water partition coefficient (Wildman–Crippen LogP) is 4.73. The number of hydrogen-bond donors (Lipinski definition) is 0. The summed E-state index contributed by atoms with van der Waals surface area (Å²) in [4.78, 5) is 0. The van der Waals surface area contributed by atoms with Gasteiger partial charge in [-0.2, -0.15) is 0 Å². The fourth-order valence-electron chi connectivity index (χ4n) is 2.35. The van der Waals surface area contributed by atoms with Gasteiger partial charge in [0.1, 0.15) is 0 Å². The Balaban J connectivity index is 3.00. The molecule has 1 rings (SSSR count). The van der Waals surface area contributed by atoms with Crippen LogP contribution in [0, 0.1) is 23.2 Å². The summed E-state index contributed by atoms with van der Waals surface area (Å²) in [5.74, 6) is 2.81. The van der Waals surface area contributed by atoms with E-state index in [0.29, 0.717) is 5.41 Å². The first-order chi connectivity index (χ1) is 7.28. The van der Waals surface area contributed by atoms with Crippen LogP contribution < -0.4 is 0 Å². The lowest BCUT2D eigenvalue weighted by Gasteiger charge is -2.33. The van der Waals surface area contributed by atoms with Crippen LogP contribution in [0.25, 0.3) is 0 Å². The normalized spacial score (nSPS) is 21.2. The Morgan fingerprint density at radius 3 is 2.50 bits per heavy atom. The third-order valence-electron chi connectivity index (χ3n) is 3.58. The van der Waals surface area contributed by atoms with Crippen LogP contribution in [0.2, 0.25) is 0 Å². The number of allylic oxidation sites excluding steroid dienone is 4. The largest absolute Gasteiger partial charge is 0.119 e. The van der Waals surface area contributed by atoms with Gasteiger partial charge < -0.3 is 0 Å². The molecule has 0 spiro atoms. The fraction of sp³-hybridized carbons (Fsp3) is 0.625. The third-order valence-corrected chi connectivity index (χ3v) is 3.58. The topological polar surface area (TPSA) is 0 Å². The average Bonchev–Trinajstić information content (AvgIpc) is 2.16. The molecule has 0 aromatic carbocycles. The van der Waals surface area contributed by atoms with E-state index in [1.54, 1.807) is 0 Å². The van der Waals surface area contributed by atoms with Crippen LogP contribution in [0.5, 0.6) is 0 Å². The molecule has 0 unspecified atom stereocenters. The fourth-order valence-corrected chi connectivity index (χ4v) is 2.35. The monoisotopic (exact) mass is 216 g/mol. The van der Waals surface area contributed by atoms with E-state index in [4.69, 9.17) is 6.42 Å². The summed E-state index contributed by atoms with van der Waals surface area (Å²) in [6.07, 6.45) is 13.8. The van der Waals surface area contributed by atoms with Crippen LogP contribution in [0.3, 0.4) is 0 Å². The summed E-state index contributed by atoms with van der Waals surface area (Å²) in [5, 5.41) is 0. The quantitative estimate of drug-likeness (QED) is 0.585. The molecule has 0 heterocycles. The van der Waals surface area contributed by atoms with Gasteiger partial charge in [0.2, 0.25) is 0 Å². The van der Waals surface area contributed by atoms with Gasteiger partial charge in [0.25, 0.3) is 0 Å². The first-order valence-electron chi connectivity index (χ1n) is 6.16. The Hall–Kier alpha value is -0.960. The Morgan fingerprint density at radius 2 is 2.00 bits per heavy atom. The molecule has 0 nitrogen and oxygen atoms in total. The summed E-state index contributed by atoms with van der Waals surface area (Å²) >= 11 is 0. The Labute approximate surface area is 101 Å². The third kappa shape index (κ3) is 3.01. The molecule has 0 saturated carbocycles. The molecule has 0 heteroatoms. The van der Waals surface area contributed by atoms with E-state index in [2.05, 4.69) is 52.7 Å². The summed E-state index contributed by atoms with van der Waals surface area (Å²) in [6, 6.07) is 0. The number of rotatable bonds is 2. The van der Waals surface area contributed by atoms with Crippen LogP contribution in [0.1, 0.15) is 53.9 Å². The van der Waals surface area contributed by atoms with Gasteiger partial charge in [-0.05, 0) is 51.0 Å². The smallest absolute Gasteiger partial charge is 0.0437 e. The zero-order valence-electron chi connectivity index (χ0n) is 11.4. The van der Waals surface area contributed by atoms with Gasteiger partial charge in [-0.1, -0.05) is 37.5 Å². The lowest BCUT2D eigenvalue weighted by Crippen LogP contribution is -2.19. The van der Waals surface area contributed by atoms with Crippen LogP contribution in [0.4, 0.5) is 0 Å². The van der Waals surface area contributed by atoms with E-state index in [0.717, 1.165) is 0 Å². The number of terminal acetylenes is 1. The van der Waals surface area contributed by atoms with E-state index in [-0.39, 0.29) is 5.41 Å². The second kappa shape index (κ2) is 4.50. The maximum Gasteiger partial charge on any atom is 0.0437 e. The standard InChI is InChI=1S/C16H24/c1-7-15(3,4)12-10-14-13(2)9-8-11-16(14,5)6/h1,10,12H,8-9,11H2,2-6H3/b12-10+. The van der Waals surface area contributed by atoms with Gasteiger partial charge in [-0.25, -0.2) is 0 Å². The minimum atomic E-state index is -0.138. The molecule has 88 valence electrons. The van der Waals surface area contributed by atoms with Gasteiger partial charge in [0.15, 0.2) is 0 Å². The molecule has 0 atom stereocenters. The van der Waals surface area contributed by atoms with E-state index in [9.17, 15) is 0 Å². The van der Waals surface area contributed by atoms with Crippen molar-refractivity contribution in [3.8, 4) is 12.3 Å². The van der Waals surface area contributed by atoms with Gasteiger partial charge in [-0.3, -0.25) is 0 Å². The minimum Gasteiger partial charge on any atom is -0.119 e. The Morgan fingerprint density at radius 1 is 1.38 bits per heavy atom. The molecule has 0 bridgehead atoms. The van der Waals surface area contributed by atoms with Crippen molar-refractivity contribution in [2.45, 2.75) is 53.9 Å².